The van der Waals surface area contributed by atoms with Gasteiger partial charge in [-0.25, -0.2) is 0 Å². The molecule has 0 saturated heterocycles. The first kappa shape index (κ1) is 9.77. The van der Waals surface area contributed by atoms with Crippen LogP contribution in [0.4, 0.5) is 0 Å². The summed E-state index contributed by atoms with van der Waals surface area (Å²) >= 11 is 3.18. The van der Waals surface area contributed by atoms with Gasteiger partial charge in [-0.2, -0.15) is 0 Å². The third kappa shape index (κ3) is 2.62. The minimum atomic E-state index is -0.550. The number of aliphatic hydroxyl groups excluding tert-OH is 1. The minimum absolute atomic E-state index is 0.550. The van der Waals surface area contributed by atoms with Gasteiger partial charge in [0.1, 0.15) is 11.9 Å². The van der Waals surface area contributed by atoms with Crippen LogP contribution in [-0.2, 0) is 0 Å². The van der Waals surface area contributed by atoms with Gasteiger partial charge in [-0.1, -0.05) is 0 Å². The maximum absolute atomic E-state index is 9.55. The Bertz CT molecular complexity index is 247. The van der Waals surface area contributed by atoms with Gasteiger partial charge in [0.15, 0.2) is 4.67 Å². The first-order valence-corrected chi connectivity index (χ1v) is 4.47. The summed E-state index contributed by atoms with van der Waals surface area (Å²) in [6, 6.07) is 3.53. The molecular formula is C8H12BrNO2. The monoisotopic (exact) mass is 233 g/mol. The molecule has 0 aliphatic carbocycles. The number of aliphatic hydroxyl groups is 1. The first-order chi connectivity index (χ1) is 5.59. The van der Waals surface area contributed by atoms with Crippen LogP contribution in [0.2, 0.25) is 0 Å². The maximum Gasteiger partial charge on any atom is 0.169 e. The van der Waals surface area contributed by atoms with Crippen molar-refractivity contribution in [1.29, 1.82) is 0 Å². The van der Waals surface area contributed by atoms with E-state index >= 15 is 0 Å². The highest BCUT2D eigenvalue weighted by atomic mass is 79.9. The van der Waals surface area contributed by atoms with Crippen molar-refractivity contribution < 1.29 is 9.52 Å². The molecule has 1 aromatic rings. The fraction of sp³-hybridized carbons (Fsp3) is 0.500. The molecule has 0 spiro atoms. The zero-order chi connectivity index (χ0) is 9.14. The topological polar surface area (TPSA) is 36.6 Å². The van der Waals surface area contributed by atoms with Crippen LogP contribution in [0.5, 0.6) is 0 Å². The molecule has 1 unspecified atom stereocenters. The summed E-state index contributed by atoms with van der Waals surface area (Å²) in [5.41, 5.74) is 0. The Morgan fingerprint density at radius 1 is 1.58 bits per heavy atom. The van der Waals surface area contributed by atoms with E-state index in [0.717, 1.165) is 0 Å². The molecular weight excluding hydrogens is 222 g/mol. The number of halogens is 1. The van der Waals surface area contributed by atoms with Gasteiger partial charge in [0.25, 0.3) is 0 Å². The van der Waals surface area contributed by atoms with Crippen molar-refractivity contribution >= 4 is 15.9 Å². The lowest BCUT2D eigenvalue weighted by atomic mass is 10.2. The van der Waals surface area contributed by atoms with E-state index in [0.29, 0.717) is 17.0 Å². The van der Waals surface area contributed by atoms with E-state index < -0.39 is 6.10 Å². The summed E-state index contributed by atoms with van der Waals surface area (Å²) in [7, 11) is 3.81. The van der Waals surface area contributed by atoms with Crippen molar-refractivity contribution in [3.05, 3.63) is 22.6 Å². The summed E-state index contributed by atoms with van der Waals surface area (Å²) in [4.78, 5) is 1.90. The van der Waals surface area contributed by atoms with Crippen LogP contribution in [0.25, 0.3) is 0 Å². The molecule has 3 nitrogen and oxygen atoms in total. The Hall–Kier alpha value is -0.320. The molecule has 1 aromatic heterocycles. The molecule has 0 bridgehead atoms. The molecule has 4 heteroatoms. The van der Waals surface area contributed by atoms with Gasteiger partial charge < -0.3 is 14.4 Å². The number of likely N-dealkylation sites (N-methyl/N-ethyl adjacent to an activating group) is 1. The van der Waals surface area contributed by atoms with E-state index in [-0.39, 0.29) is 0 Å². The summed E-state index contributed by atoms with van der Waals surface area (Å²) < 4.78 is 5.83. The molecule has 0 aliphatic rings. The number of furan rings is 1. The lowest BCUT2D eigenvalue weighted by molar-refractivity contribution is 0.115. The van der Waals surface area contributed by atoms with Crippen LogP contribution >= 0.6 is 15.9 Å². The molecule has 68 valence electrons. The van der Waals surface area contributed by atoms with Crippen LogP contribution in [0, 0.1) is 0 Å². The Labute approximate surface area is 80.1 Å². The largest absolute Gasteiger partial charge is 0.452 e. The smallest absolute Gasteiger partial charge is 0.169 e. The van der Waals surface area contributed by atoms with E-state index in [1.54, 1.807) is 12.1 Å². The van der Waals surface area contributed by atoms with Gasteiger partial charge in [0.05, 0.1) is 0 Å². The molecule has 0 aromatic carbocycles. The summed E-state index contributed by atoms with van der Waals surface area (Å²) in [6.07, 6.45) is -0.550. The Morgan fingerprint density at radius 3 is 2.67 bits per heavy atom. The molecule has 0 amide bonds. The molecule has 0 radical (unpaired) electrons. The van der Waals surface area contributed by atoms with Crippen molar-refractivity contribution in [2.45, 2.75) is 6.10 Å². The number of hydrogen-bond donors (Lipinski definition) is 1. The average Bonchev–Trinajstić information content (AvgIpc) is 2.34. The van der Waals surface area contributed by atoms with Crippen molar-refractivity contribution in [3.8, 4) is 0 Å². The summed E-state index contributed by atoms with van der Waals surface area (Å²) in [5.74, 6) is 0.593. The van der Waals surface area contributed by atoms with E-state index in [4.69, 9.17) is 4.42 Å². The van der Waals surface area contributed by atoms with Crippen molar-refractivity contribution in [3.63, 3.8) is 0 Å². The molecule has 0 saturated carbocycles. The molecule has 1 heterocycles. The molecule has 0 fully saturated rings. The third-order valence-electron chi connectivity index (χ3n) is 1.46. The number of hydrogen-bond acceptors (Lipinski definition) is 3. The minimum Gasteiger partial charge on any atom is -0.452 e. The predicted octanol–water partition coefficient (Wildman–Crippen LogP) is 1.64. The van der Waals surface area contributed by atoms with E-state index in [9.17, 15) is 5.11 Å². The number of rotatable bonds is 3. The molecule has 1 N–H and O–H groups in total. The quantitative estimate of drug-likeness (QED) is 0.863. The highest BCUT2D eigenvalue weighted by molar-refractivity contribution is 9.10. The van der Waals surface area contributed by atoms with Crippen molar-refractivity contribution in [1.82, 2.24) is 4.90 Å². The Kier molecular flexibility index (Phi) is 3.31. The van der Waals surface area contributed by atoms with Crippen molar-refractivity contribution in [2.24, 2.45) is 0 Å². The highest BCUT2D eigenvalue weighted by Crippen LogP contribution is 2.20. The van der Waals surface area contributed by atoms with Gasteiger partial charge in [-0.05, 0) is 42.2 Å². The fourth-order valence-electron chi connectivity index (χ4n) is 0.943. The van der Waals surface area contributed by atoms with E-state index in [2.05, 4.69) is 15.9 Å². The predicted molar refractivity (Wildman–Crippen MR) is 49.9 cm³/mol. The zero-order valence-electron chi connectivity index (χ0n) is 7.12. The van der Waals surface area contributed by atoms with Crippen molar-refractivity contribution in [2.75, 3.05) is 20.6 Å². The average molecular weight is 234 g/mol. The number of nitrogens with zero attached hydrogens (tertiary/aromatic N) is 1. The lowest BCUT2D eigenvalue weighted by Gasteiger charge is -2.13. The van der Waals surface area contributed by atoms with E-state index in [1.165, 1.54) is 0 Å². The van der Waals surface area contributed by atoms with Gasteiger partial charge >= 0.3 is 0 Å². The Morgan fingerprint density at radius 2 is 2.25 bits per heavy atom. The first-order valence-electron chi connectivity index (χ1n) is 3.67. The SMILES string of the molecule is CN(C)CC(O)c1ccc(Br)o1. The van der Waals surface area contributed by atoms with Crippen LogP contribution in [0.1, 0.15) is 11.9 Å². The Balaban J connectivity index is 2.58. The van der Waals surface area contributed by atoms with Crippen LogP contribution in [-0.4, -0.2) is 30.6 Å². The van der Waals surface area contributed by atoms with Crippen LogP contribution < -0.4 is 0 Å². The van der Waals surface area contributed by atoms with Gasteiger partial charge in [-0.3, -0.25) is 0 Å². The molecule has 0 aliphatic heterocycles. The highest BCUT2D eigenvalue weighted by Gasteiger charge is 2.12. The second kappa shape index (κ2) is 4.07. The fourth-order valence-corrected chi connectivity index (χ4v) is 1.26. The van der Waals surface area contributed by atoms with E-state index in [1.807, 2.05) is 19.0 Å². The summed E-state index contributed by atoms with van der Waals surface area (Å²) in [5, 5.41) is 9.55. The second-order valence-corrected chi connectivity index (χ2v) is 3.70. The van der Waals surface area contributed by atoms with Gasteiger partial charge in [0, 0.05) is 6.54 Å². The molecule has 12 heavy (non-hydrogen) atoms. The lowest BCUT2D eigenvalue weighted by Crippen LogP contribution is -2.19. The van der Waals surface area contributed by atoms with Gasteiger partial charge in [-0.15, -0.1) is 0 Å². The maximum atomic E-state index is 9.55. The van der Waals surface area contributed by atoms with Crippen LogP contribution in [0.3, 0.4) is 0 Å². The van der Waals surface area contributed by atoms with Gasteiger partial charge in [0.2, 0.25) is 0 Å². The molecule has 1 rings (SSSR count). The second-order valence-electron chi connectivity index (χ2n) is 2.92. The zero-order valence-corrected chi connectivity index (χ0v) is 8.71. The molecule has 1 atom stereocenters. The standard InChI is InChI=1S/C8H12BrNO2/c1-10(2)5-6(11)7-3-4-8(9)12-7/h3-4,6,11H,5H2,1-2H3. The third-order valence-corrected chi connectivity index (χ3v) is 1.89. The summed E-state index contributed by atoms with van der Waals surface area (Å²) in [6.45, 7) is 0.569. The normalized spacial score (nSPS) is 13.8. The van der Waals surface area contributed by atoms with Crippen LogP contribution in [0.15, 0.2) is 21.2 Å².